The van der Waals surface area contributed by atoms with Crippen LogP contribution >= 0.6 is 0 Å². The molecule has 0 unspecified atom stereocenters. The Kier molecular flexibility index (Phi) is 266. The molecule has 0 aliphatic rings. The van der Waals surface area contributed by atoms with Gasteiger partial charge in [-0.1, -0.05) is 0 Å². The summed E-state index contributed by atoms with van der Waals surface area (Å²) in [5.74, 6) is 0. The molecule has 0 aliphatic carbocycles. The smallest absolute Gasteiger partial charge is 0 e. The maximum absolute atomic E-state index is 0. The first kappa shape index (κ1) is 48.5. The van der Waals surface area contributed by atoms with E-state index in [1.165, 1.54) is 0 Å². The number of rotatable bonds is 0. The van der Waals surface area contributed by atoms with Gasteiger partial charge >= 0.3 is 0 Å². The Hall–Kier alpha value is 6.92. The first-order valence-electron chi connectivity index (χ1n) is 0. The largest absolute Gasteiger partial charge is 0 e. The van der Waals surface area contributed by atoms with Crippen LogP contribution in [0.4, 0.5) is 0 Å². The van der Waals surface area contributed by atoms with E-state index in [0.29, 0.717) is 0 Å². The van der Waals surface area contributed by atoms with Gasteiger partial charge in [0, 0.05) is 205 Å². The number of hydrogen-bond acceptors (Lipinski definition) is 0. The predicted molar refractivity (Wildman–Crippen MR) is 40.3 cm³/mol. The molecule has 0 saturated carbocycles. The van der Waals surface area contributed by atoms with Crippen LogP contribution in [0.3, 0.4) is 0 Å². The molecule has 0 N–H and O–H groups in total. The third kappa shape index (κ3) is 32.2. The molecule has 0 aromatic heterocycles. The van der Waals surface area contributed by atoms with Crippen molar-refractivity contribution in [1.29, 1.82) is 0 Å². The van der Waals surface area contributed by atoms with Crippen molar-refractivity contribution in [2.45, 2.75) is 0 Å². The van der Waals surface area contributed by atoms with E-state index in [1.54, 1.807) is 0 Å². The summed E-state index contributed by atoms with van der Waals surface area (Å²) in [4.78, 5) is 0. The zero-order valence-electron chi connectivity index (χ0n) is 6.50. The van der Waals surface area contributed by atoms with Crippen molar-refractivity contribution in [3.05, 3.63) is 0 Å². The zero-order chi connectivity index (χ0) is 0. The Balaban J connectivity index is 0. The Morgan fingerprint density at radius 1 is 0.286 bits per heavy atom. The molecule has 7 heavy (non-hydrogen) atoms. The van der Waals surface area contributed by atoms with Gasteiger partial charge in [-0.2, -0.15) is 0 Å². The van der Waals surface area contributed by atoms with E-state index >= 15 is 0 Å². The SMILES string of the molecule is [Na].[Na].[Na].[Na].[Na].[Na].[Pb]. The fourth-order valence-electron chi connectivity index (χ4n) is 0. The summed E-state index contributed by atoms with van der Waals surface area (Å²) < 4.78 is 0. The van der Waals surface area contributed by atoms with Crippen LogP contribution in [-0.4, -0.2) is 205 Å². The van der Waals surface area contributed by atoms with Gasteiger partial charge in [-0.3, -0.25) is 0 Å². The first-order chi connectivity index (χ1) is 0. The van der Waals surface area contributed by atoms with Gasteiger partial charge in [0.25, 0.3) is 0 Å². The molecule has 0 aliphatic heterocycles. The van der Waals surface area contributed by atoms with Crippen LogP contribution in [0.5, 0.6) is 0 Å². The van der Waals surface area contributed by atoms with Gasteiger partial charge in [-0.15, -0.1) is 0 Å². The molecule has 0 spiro atoms. The molecule has 0 saturated heterocycles. The summed E-state index contributed by atoms with van der Waals surface area (Å²) >= 11 is 0. The third-order valence-corrected chi connectivity index (χ3v) is 0. The predicted octanol–water partition coefficient (Wildman–Crippen LogP) is -2.67. The van der Waals surface area contributed by atoms with E-state index in [0.717, 1.165) is 0 Å². The third-order valence-electron chi connectivity index (χ3n) is 0. The molecular formula is Na6Pb. The van der Waals surface area contributed by atoms with Crippen molar-refractivity contribution in [3.8, 4) is 0 Å². The van der Waals surface area contributed by atoms with Gasteiger partial charge in [0.15, 0.2) is 0 Å². The molecule has 0 heterocycles. The van der Waals surface area contributed by atoms with Crippen LogP contribution < -0.4 is 0 Å². The van der Waals surface area contributed by atoms with Gasteiger partial charge in [0.1, 0.15) is 0 Å². The molecule has 10 valence electrons. The van der Waals surface area contributed by atoms with Crippen LogP contribution in [0, 0.1) is 0 Å². The summed E-state index contributed by atoms with van der Waals surface area (Å²) in [5.41, 5.74) is 0. The summed E-state index contributed by atoms with van der Waals surface area (Å²) in [5, 5.41) is 0. The van der Waals surface area contributed by atoms with Crippen LogP contribution in [-0.2, 0) is 0 Å². The molecule has 0 fully saturated rings. The second-order valence-electron chi connectivity index (χ2n) is 0. The summed E-state index contributed by atoms with van der Waals surface area (Å²) in [6, 6.07) is 0. The molecule has 10 radical (unpaired) electrons. The van der Waals surface area contributed by atoms with Crippen LogP contribution in [0.15, 0.2) is 0 Å². The van der Waals surface area contributed by atoms with Crippen molar-refractivity contribution in [3.63, 3.8) is 0 Å². The van der Waals surface area contributed by atoms with Crippen LogP contribution in [0.25, 0.3) is 0 Å². The first-order valence-corrected chi connectivity index (χ1v) is 0. The molecule has 0 nitrogen and oxygen atoms in total. The van der Waals surface area contributed by atoms with Crippen LogP contribution in [0.2, 0.25) is 0 Å². The van der Waals surface area contributed by atoms with E-state index in [-0.39, 0.29) is 205 Å². The molecule has 0 rings (SSSR count). The van der Waals surface area contributed by atoms with Gasteiger partial charge < -0.3 is 0 Å². The summed E-state index contributed by atoms with van der Waals surface area (Å²) in [7, 11) is 0. The van der Waals surface area contributed by atoms with E-state index in [9.17, 15) is 0 Å². The molecule has 0 bridgehead atoms. The average Bonchev–Trinajstić information content (AvgIpc) is 0. The fourth-order valence-corrected chi connectivity index (χ4v) is 0. The topological polar surface area (TPSA) is 0 Å². The van der Waals surface area contributed by atoms with Crippen LogP contribution in [0.1, 0.15) is 0 Å². The molecule has 0 aromatic rings. The second kappa shape index (κ2) is 38.3. The van der Waals surface area contributed by atoms with E-state index in [2.05, 4.69) is 0 Å². The molecule has 7 heteroatoms. The molecule has 0 amide bonds. The van der Waals surface area contributed by atoms with Crippen molar-refractivity contribution in [1.82, 2.24) is 0 Å². The molecule has 0 aromatic carbocycles. The summed E-state index contributed by atoms with van der Waals surface area (Å²) in [6.45, 7) is 0. The van der Waals surface area contributed by atoms with Crippen molar-refractivity contribution in [2.24, 2.45) is 0 Å². The minimum absolute atomic E-state index is 0. The van der Waals surface area contributed by atoms with E-state index < -0.39 is 0 Å². The molecule has 0 atom stereocenters. The quantitative estimate of drug-likeness (QED) is 0.421. The monoisotopic (exact) mass is 346 g/mol. The minimum atomic E-state index is 0. The standard InChI is InChI=1S/6Na.Pb. The number of hydrogen-bond donors (Lipinski definition) is 0. The minimum Gasteiger partial charge on any atom is 0 e. The average molecular weight is 345 g/mol. The maximum atomic E-state index is 0. The normalized spacial score (nSPS) is 0. The Bertz CT molecular complexity index is 4.14. The Morgan fingerprint density at radius 2 is 0.286 bits per heavy atom. The van der Waals surface area contributed by atoms with Gasteiger partial charge in [0.2, 0.25) is 0 Å². The van der Waals surface area contributed by atoms with Crippen molar-refractivity contribution in [2.75, 3.05) is 0 Å². The summed E-state index contributed by atoms with van der Waals surface area (Å²) in [6.07, 6.45) is 0. The Morgan fingerprint density at radius 3 is 0.286 bits per heavy atom. The van der Waals surface area contributed by atoms with E-state index in [1.807, 2.05) is 0 Å². The van der Waals surface area contributed by atoms with Crippen molar-refractivity contribution < 1.29 is 0 Å². The van der Waals surface area contributed by atoms with Gasteiger partial charge in [-0.25, -0.2) is 0 Å². The van der Waals surface area contributed by atoms with Crippen molar-refractivity contribution >= 4 is 205 Å². The molecular weight excluding hydrogens is 345 g/mol. The maximum Gasteiger partial charge on any atom is 0 e. The van der Waals surface area contributed by atoms with Gasteiger partial charge in [-0.05, 0) is 0 Å². The second-order valence-corrected chi connectivity index (χ2v) is 0. The zero-order valence-corrected chi connectivity index (χ0v) is 22.4. The van der Waals surface area contributed by atoms with Gasteiger partial charge in [0.05, 0.1) is 0 Å². The van der Waals surface area contributed by atoms with E-state index in [4.69, 9.17) is 0 Å². The Labute approximate surface area is 198 Å². The fraction of sp³-hybridized carbons (Fsp3) is 0.